The number of hydrogen-bond acceptors (Lipinski definition) is 7. The molecule has 10 heteroatoms. The summed E-state index contributed by atoms with van der Waals surface area (Å²) in [5, 5.41) is 13.0. The summed E-state index contributed by atoms with van der Waals surface area (Å²) >= 11 is 6.07. The summed E-state index contributed by atoms with van der Waals surface area (Å²) < 4.78 is 20.1. The van der Waals surface area contributed by atoms with Crippen molar-refractivity contribution in [2.45, 2.75) is 25.8 Å². The third kappa shape index (κ3) is 4.87. The number of pyridine rings is 1. The lowest BCUT2D eigenvalue weighted by Crippen LogP contribution is -2.61. The molecule has 2 aliphatic heterocycles. The topological polar surface area (TPSA) is 83.5 Å². The number of fused-ring (bicyclic) bond motifs is 1. The Labute approximate surface area is 224 Å². The van der Waals surface area contributed by atoms with Crippen molar-refractivity contribution in [3.63, 3.8) is 0 Å². The van der Waals surface area contributed by atoms with Gasteiger partial charge in [-0.05, 0) is 75.3 Å². The minimum absolute atomic E-state index is 0.271. The molecule has 0 radical (unpaired) electrons. The lowest BCUT2D eigenvalue weighted by Gasteiger charge is -2.43. The number of hydrogen-bond donors (Lipinski definition) is 1. The number of carbonyl (C=O) groups is 1. The molecule has 2 aromatic carbocycles. The Morgan fingerprint density at radius 3 is 2.68 bits per heavy atom. The van der Waals surface area contributed by atoms with E-state index in [1.54, 1.807) is 29.3 Å². The van der Waals surface area contributed by atoms with Gasteiger partial charge >= 0.3 is 6.09 Å². The molecule has 0 spiro atoms. The highest BCUT2D eigenvalue weighted by Crippen LogP contribution is 2.32. The van der Waals surface area contributed by atoms with Gasteiger partial charge in [0.2, 0.25) is 0 Å². The third-order valence-corrected chi connectivity index (χ3v) is 7.38. The van der Waals surface area contributed by atoms with Crippen molar-refractivity contribution < 1.29 is 13.9 Å². The Bertz CT molecular complexity index is 1520. The molecule has 2 aromatic heterocycles. The smallest absolute Gasteiger partial charge is 0.410 e. The van der Waals surface area contributed by atoms with E-state index in [0.29, 0.717) is 52.5 Å². The minimum atomic E-state index is -0.431. The first-order valence-corrected chi connectivity index (χ1v) is 13.0. The molecule has 6 rings (SSSR count). The lowest BCUT2D eigenvalue weighted by molar-refractivity contribution is 0.0518. The number of amides is 1. The Morgan fingerprint density at radius 2 is 1.87 bits per heavy atom. The van der Waals surface area contributed by atoms with Crippen LogP contribution in [0.25, 0.3) is 22.2 Å². The molecule has 194 valence electrons. The van der Waals surface area contributed by atoms with E-state index in [2.05, 4.69) is 25.4 Å². The van der Waals surface area contributed by atoms with Crippen LogP contribution in [0.5, 0.6) is 5.75 Å². The number of nitrogens with zero attached hydrogens (tertiary/aromatic N) is 5. The van der Waals surface area contributed by atoms with Gasteiger partial charge in [0, 0.05) is 53.1 Å². The van der Waals surface area contributed by atoms with E-state index in [0.717, 1.165) is 24.2 Å². The number of aromatic nitrogens is 3. The van der Waals surface area contributed by atoms with Gasteiger partial charge < -0.3 is 15.0 Å². The normalized spacial score (nSPS) is 16.0. The molecule has 0 bridgehead atoms. The number of aryl methyl sites for hydroxylation is 1. The second-order valence-corrected chi connectivity index (χ2v) is 10.1. The van der Waals surface area contributed by atoms with Crippen molar-refractivity contribution in [1.82, 2.24) is 25.0 Å². The molecular formula is C28H26ClFN6O2. The van der Waals surface area contributed by atoms with Gasteiger partial charge in [-0.3, -0.25) is 9.88 Å². The molecule has 1 amide bonds. The number of ether oxygens (including phenoxy) is 1. The molecule has 0 aliphatic carbocycles. The largest absolute Gasteiger partial charge is 0.415 e. The molecule has 2 saturated heterocycles. The van der Waals surface area contributed by atoms with E-state index in [4.69, 9.17) is 16.3 Å². The van der Waals surface area contributed by atoms with Crippen LogP contribution in [0.1, 0.15) is 18.5 Å². The standard InChI is InChI=1S/C28H26ClFN6O2/c1-17-25(14-27(34-33-17)22-12-18(29)4-7-23(22)30)32-24-8-9-31-26-13-20(5-6-21(24)26)38-28(37)36-15-19(16-36)35-10-2-3-11-35/h4-9,12-14,19H,2-3,10-11,15-16H2,1H3,(H,31,32,34). The molecule has 8 nitrogen and oxygen atoms in total. The molecule has 0 saturated carbocycles. The van der Waals surface area contributed by atoms with Crippen LogP contribution in [0.3, 0.4) is 0 Å². The fraction of sp³-hybridized carbons (Fsp3) is 0.286. The van der Waals surface area contributed by atoms with Gasteiger partial charge in [-0.1, -0.05) is 11.6 Å². The quantitative estimate of drug-likeness (QED) is 0.347. The molecule has 4 aromatic rings. The maximum Gasteiger partial charge on any atom is 0.415 e. The average Bonchev–Trinajstić information content (AvgIpc) is 3.40. The summed E-state index contributed by atoms with van der Waals surface area (Å²) in [6.07, 6.45) is 3.81. The fourth-order valence-electron chi connectivity index (χ4n) is 4.96. The first kappa shape index (κ1) is 24.5. The Balaban J connectivity index is 1.19. The number of benzene rings is 2. The predicted molar refractivity (Wildman–Crippen MR) is 144 cm³/mol. The van der Waals surface area contributed by atoms with Crippen molar-refractivity contribution in [2.75, 3.05) is 31.5 Å². The van der Waals surface area contributed by atoms with Gasteiger partial charge in [0.05, 0.1) is 22.6 Å². The van der Waals surface area contributed by atoms with Crippen molar-refractivity contribution in [2.24, 2.45) is 0 Å². The number of likely N-dealkylation sites (tertiary alicyclic amines) is 2. The average molecular weight is 533 g/mol. The van der Waals surface area contributed by atoms with E-state index < -0.39 is 5.82 Å². The highest BCUT2D eigenvalue weighted by molar-refractivity contribution is 6.30. The summed E-state index contributed by atoms with van der Waals surface area (Å²) in [5.74, 6) is 0.0111. The zero-order valence-electron chi connectivity index (χ0n) is 20.8. The van der Waals surface area contributed by atoms with Crippen molar-refractivity contribution >= 4 is 40.0 Å². The van der Waals surface area contributed by atoms with Crippen LogP contribution < -0.4 is 10.1 Å². The second kappa shape index (κ2) is 10.2. The fourth-order valence-corrected chi connectivity index (χ4v) is 5.13. The number of halogens is 2. The van der Waals surface area contributed by atoms with Gasteiger partial charge in [0.15, 0.2) is 0 Å². The second-order valence-electron chi connectivity index (χ2n) is 9.69. The number of carbonyl (C=O) groups excluding carboxylic acids is 1. The first-order chi connectivity index (χ1) is 18.4. The number of nitrogens with one attached hydrogen (secondary N) is 1. The zero-order valence-corrected chi connectivity index (χ0v) is 21.6. The SMILES string of the molecule is Cc1nnc(-c2cc(Cl)ccc2F)cc1Nc1ccnc2cc(OC(=O)N3CC(N4CCCC4)C3)ccc12. The summed E-state index contributed by atoms with van der Waals surface area (Å²) in [6, 6.07) is 13.7. The molecule has 0 atom stereocenters. The number of anilines is 2. The lowest BCUT2D eigenvalue weighted by atomic mass is 10.1. The van der Waals surface area contributed by atoms with Gasteiger partial charge in [-0.2, -0.15) is 10.2 Å². The monoisotopic (exact) mass is 532 g/mol. The van der Waals surface area contributed by atoms with E-state index in [1.165, 1.54) is 31.0 Å². The molecule has 4 heterocycles. The van der Waals surface area contributed by atoms with Crippen LogP contribution in [0, 0.1) is 12.7 Å². The van der Waals surface area contributed by atoms with Crippen LogP contribution in [-0.2, 0) is 0 Å². The van der Waals surface area contributed by atoms with Crippen molar-refractivity contribution in [3.05, 3.63) is 71.3 Å². The summed E-state index contributed by atoms with van der Waals surface area (Å²) in [5.41, 5.74) is 3.39. The minimum Gasteiger partial charge on any atom is -0.410 e. The summed E-state index contributed by atoms with van der Waals surface area (Å²) in [7, 11) is 0. The Hall–Kier alpha value is -3.82. The van der Waals surface area contributed by atoms with Gasteiger partial charge in [0.25, 0.3) is 0 Å². The van der Waals surface area contributed by atoms with Gasteiger partial charge in [0.1, 0.15) is 11.6 Å². The number of rotatable bonds is 5. The van der Waals surface area contributed by atoms with Crippen LogP contribution in [0.4, 0.5) is 20.6 Å². The Kier molecular flexibility index (Phi) is 6.55. The maximum absolute atomic E-state index is 14.4. The van der Waals surface area contributed by atoms with Gasteiger partial charge in [-0.15, -0.1) is 0 Å². The third-order valence-electron chi connectivity index (χ3n) is 7.15. The summed E-state index contributed by atoms with van der Waals surface area (Å²) in [4.78, 5) is 21.3. The van der Waals surface area contributed by atoms with Crippen molar-refractivity contribution in [3.8, 4) is 17.0 Å². The molecular weight excluding hydrogens is 507 g/mol. The highest BCUT2D eigenvalue weighted by atomic mass is 35.5. The maximum atomic E-state index is 14.4. The van der Waals surface area contributed by atoms with E-state index in [-0.39, 0.29) is 11.7 Å². The van der Waals surface area contributed by atoms with Crippen LogP contribution in [0.2, 0.25) is 5.02 Å². The first-order valence-electron chi connectivity index (χ1n) is 12.6. The van der Waals surface area contributed by atoms with Crippen LogP contribution in [-0.4, -0.2) is 63.3 Å². The molecule has 38 heavy (non-hydrogen) atoms. The van der Waals surface area contributed by atoms with Crippen molar-refractivity contribution in [1.29, 1.82) is 0 Å². The van der Waals surface area contributed by atoms with Gasteiger partial charge in [-0.25, -0.2) is 9.18 Å². The van der Waals surface area contributed by atoms with E-state index in [1.807, 2.05) is 19.1 Å². The zero-order chi connectivity index (χ0) is 26.2. The molecule has 0 unspecified atom stereocenters. The highest BCUT2D eigenvalue weighted by Gasteiger charge is 2.36. The van der Waals surface area contributed by atoms with E-state index in [9.17, 15) is 9.18 Å². The molecule has 2 aliphatic rings. The Morgan fingerprint density at radius 1 is 1.05 bits per heavy atom. The van der Waals surface area contributed by atoms with E-state index >= 15 is 0 Å². The predicted octanol–water partition coefficient (Wildman–Crippen LogP) is 5.82. The molecule has 1 N–H and O–H groups in total. The summed E-state index contributed by atoms with van der Waals surface area (Å²) in [6.45, 7) is 5.47. The van der Waals surface area contributed by atoms with Crippen LogP contribution in [0.15, 0.2) is 54.7 Å². The van der Waals surface area contributed by atoms with Crippen LogP contribution >= 0.6 is 11.6 Å². The molecule has 2 fully saturated rings.